The maximum atomic E-state index is 5.19. The first-order chi connectivity index (χ1) is 6.74. The van der Waals surface area contributed by atoms with Crippen LogP contribution in [-0.4, -0.2) is 49.6 Å². The molecule has 0 saturated heterocycles. The molecule has 0 aromatic carbocycles. The van der Waals surface area contributed by atoms with Gasteiger partial charge in [0.25, 0.3) is 0 Å². The van der Waals surface area contributed by atoms with Crippen molar-refractivity contribution in [1.29, 1.82) is 0 Å². The first kappa shape index (κ1) is 13.7. The van der Waals surface area contributed by atoms with Crippen LogP contribution in [0.25, 0.3) is 0 Å². The van der Waals surface area contributed by atoms with Gasteiger partial charge < -0.3 is 13.3 Å². The van der Waals surface area contributed by atoms with Gasteiger partial charge in [-0.05, 0) is 26.1 Å². The van der Waals surface area contributed by atoms with E-state index in [-0.39, 0.29) is 0 Å². The summed E-state index contributed by atoms with van der Waals surface area (Å²) in [5.41, 5.74) is 0. The molecule has 0 heterocycles. The third-order valence-corrected chi connectivity index (χ3v) is 4.09. The molecule has 0 aromatic heterocycles. The molecule has 0 aliphatic carbocycles. The molecule has 0 radical (unpaired) electrons. The molecule has 14 heavy (non-hydrogen) atoms. The van der Waals surface area contributed by atoms with Crippen LogP contribution < -0.4 is 4.98 Å². The number of nitrogens with zero attached hydrogens (tertiary/aromatic N) is 1. The summed E-state index contributed by atoms with van der Waals surface area (Å²) in [5.74, 6) is 0. The van der Waals surface area contributed by atoms with Crippen molar-refractivity contribution in [1.82, 2.24) is 4.98 Å². The summed E-state index contributed by atoms with van der Waals surface area (Å²) in [6.45, 7) is 3.50. The van der Waals surface area contributed by atoms with E-state index in [2.05, 4.69) is 9.97 Å². The lowest BCUT2D eigenvalue weighted by atomic mass is 10.4. The normalized spacial score (nSPS) is 12.6. The second kappa shape index (κ2) is 8.07. The average Bonchev–Trinajstić information content (AvgIpc) is 2.24. The Kier molecular flexibility index (Phi) is 7.91. The summed E-state index contributed by atoms with van der Waals surface area (Å²) in [6.07, 6.45) is 2.74. The second-order valence-electron chi connectivity index (χ2n) is 2.61. The maximum Gasteiger partial charge on any atom is 0.595 e. The van der Waals surface area contributed by atoms with E-state index in [1.54, 1.807) is 27.5 Å². The van der Waals surface area contributed by atoms with Crippen LogP contribution in [0.2, 0.25) is 0 Å². The second-order valence-corrected chi connectivity index (χ2v) is 5.30. The van der Waals surface area contributed by atoms with Crippen LogP contribution in [0.5, 0.6) is 0 Å². The number of rotatable bonds is 8. The summed E-state index contributed by atoms with van der Waals surface area (Å²) in [6, 6.07) is 0. The highest BCUT2D eigenvalue weighted by Crippen LogP contribution is 2.00. The summed E-state index contributed by atoms with van der Waals surface area (Å²) in [4.78, 5) is 7.24. The van der Waals surface area contributed by atoms with Crippen molar-refractivity contribution < 1.29 is 13.3 Å². The molecule has 0 amide bonds. The molecule has 0 aliphatic rings. The fraction of sp³-hybridized carbons (Fsp3) is 0.875. The van der Waals surface area contributed by atoms with Crippen LogP contribution in [0.3, 0.4) is 0 Å². The van der Waals surface area contributed by atoms with Crippen molar-refractivity contribution in [2.24, 2.45) is 4.99 Å². The van der Waals surface area contributed by atoms with E-state index in [0.717, 1.165) is 19.5 Å². The molecular weight excluding hydrogens is 200 g/mol. The van der Waals surface area contributed by atoms with E-state index in [9.17, 15) is 0 Å². The van der Waals surface area contributed by atoms with Gasteiger partial charge in [-0.3, -0.25) is 9.97 Å². The van der Waals surface area contributed by atoms with Gasteiger partial charge in [0.15, 0.2) is 0 Å². The zero-order valence-corrected chi connectivity index (χ0v) is 10.4. The average molecular weight is 220 g/mol. The molecule has 0 fully saturated rings. The molecule has 84 valence electrons. The largest absolute Gasteiger partial charge is 0.595 e. The predicted molar refractivity (Wildman–Crippen MR) is 58.4 cm³/mol. The number of aliphatic imine (C=N–C) groups is 1. The topological polar surface area (TPSA) is 52.1 Å². The highest BCUT2D eigenvalue weighted by Gasteiger charge is 2.38. The lowest BCUT2D eigenvalue weighted by Crippen LogP contribution is -2.57. The van der Waals surface area contributed by atoms with Crippen LogP contribution in [-0.2, 0) is 13.3 Å². The predicted octanol–water partition coefficient (Wildman–Crippen LogP) is 0.432. The van der Waals surface area contributed by atoms with Gasteiger partial charge in [-0.1, -0.05) is 0 Å². The summed E-state index contributed by atoms with van der Waals surface area (Å²) in [7, 11) is 2.16. The highest BCUT2D eigenvalue weighted by atomic mass is 28.4. The van der Waals surface area contributed by atoms with Crippen molar-refractivity contribution in [2.45, 2.75) is 13.3 Å². The molecule has 0 atom stereocenters. The maximum absolute atomic E-state index is 5.19. The van der Waals surface area contributed by atoms with Gasteiger partial charge in [-0.2, -0.15) is 0 Å². The van der Waals surface area contributed by atoms with Gasteiger partial charge in [-0.25, -0.2) is 0 Å². The first-order valence-electron chi connectivity index (χ1n) is 4.59. The van der Waals surface area contributed by atoms with E-state index < -0.39 is 8.97 Å². The Morgan fingerprint density at radius 3 is 2.21 bits per heavy atom. The van der Waals surface area contributed by atoms with E-state index in [4.69, 9.17) is 13.3 Å². The third kappa shape index (κ3) is 4.82. The minimum absolute atomic E-state index is 0.777. The van der Waals surface area contributed by atoms with E-state index >= 15 is 0 Å². The SMILES string of the molecule is CC=NCCCN[Si](OC)(OC)OC. The molecule has 5 nitrogen and oxygen atoms in total. The van der Waals surface area contributed by atoms with Crippen molar-refractivity contribution in [3.8, 4) is 0 Å². The van der Waals surface area contributed by atoms with Crippen LogP contribution in [0, 0.1) is 0 Å². The Hall–Kier alpha value is -0.273. The highest BCUT2D eigenvalue weighted by molar-refractivity contribution is 6.57. The van der Waals surface area contributed by atoms with Crippen LogP contribution in [0.15, 0.2) is 4.99 Å². The van der Waals surface area contributed by atoms with Crippen molar-refractivity contribution in [3.05, 3.63) is 0 Å². The van der Waals surface area contributed by atoms with Crippen LogP contribution in [0.4, 0.5) is 0 Å². The fourth-order valence-electron chi connectivity index (χ4n) is 1.01. The Bertz CT molecular complexity index is 154. The molecule has 0 aromatic rings. The van der Waals surface area contributed by atoms with E-state index in [1.807, 2.05) is 6.92 Å². The van der Waals surface area contributed by atoms with Crippen molar-refractivity contribution in [2.75, 3.05) is 34.4 Å². The Labute approximate surface area is 86.9 Å². The standard InChI is InChI=1S/C8H20N2O3Si/c1-5-9-7-6-8-10-14(11-2,12-3)13-4/h5,10H,6-8H2,1-4H3. The molecule has 0 bridgehead atoms. The lowest BCUT2D eigenvalue weighted by Gasteiger charge is -2.24. The summed E-state index contributed by atoms with van der Waals surface area (Å²) >= 11 is 0. The summed E-state index contributed by atoms with van der Waals surface area (Å²) < 4.78 is 15.6. The van der Waals surface area contributed by atoms with E-state index in [0.29, 0.717) is 0 Å². The van der Waals surface area contributed by atoms with Gasteiger partial charge in [0.05, 0.1) is 0 Å². The number of nitrogens with one attached hydrogen (secondary N) is 1. The van der Waals surface area contributed by atoms with E-state index in [1.165, 1.54) is 0 Å². The molecular formula is C8H20N2O3Si. The van der Waals surface area contributed by atoms with Gasteiger partial charge >= 0.3 is 8.97 Å². The van der Waals surface area contributed by atoms with Gasteiger partial charge in [0.2, 0.25) is 0 Å². The van der Waals surface area contributed by atoms with Gasteiger partial charge in [0, 0.05) is 27.9 Å². The molecule has 0 unspecified atom stereocenters. The molecule has 0 saturated carbocycles. The minimum atomic E-state index is -2.58. The Morgan fingerprint density at radius 2 is 1.79 bits per heavy atom. The molecule has 0 spiro atoms. The quantitative estimate of drug-likeness (QED) is 0.366. The summed E-state index contributed by atoms with van der Waals surface area (Å²) in [5, 5.41) is 0. The van der Waals surface area contributed by atoms with Crippen LogP contribution >= 0.6 is 0 Å². The smallest absolute Gasteiger partial charge is 0.364 e. The minimum Gasteiger partial charge on any atom is -0.364 e. The molecule has 6 heteroatoms. The lowest BCUT2D eigenvalue weighted by molar-refractivity contribution is 0.110. The van der Waals surface area contributed by atoms with Crippen LogP contribution in [0.1, 0.15) is 13.3 Å². The zero-order chi connectivity index (χ0) is 10.9. The zero-order valence-electron chi connectivity index (χ0n) is 9.37. The number of hydrogen-bond donors (Lipinski definition) is 1. The molecule has 0 rings (SSSR count). The number of hydrogen-bond acceptors (Lipinski definition) is 5. The monoisotopic (exact) mass is 220 g/mol. The Morgan fingerprint density at radius 1 is 1.21 bits per heavy atom. The van der Waals surface area contributed by atoms with Crippen molar-refractivity contribution >= 4 is 15.2 Å². The molecule has 1 N–H and O–H groups in total. The fourth-order valence-corrected chi connectivity index (χ4v) is 2.42. The first-order valence-corrected chi connectivity index (χ1v) is 6.32. The van der Waals surface area contributed by atoms with Gasteiger partial charge in [0.1, 0.15) is 0 Å². The molecule has 0 aliphatic heterocycles. The third-order valence-electron chi connectivity index (χ3n) is 1.79. The van der Waals surface area contributed by atoms with Gasteiger partial charge in [-0.15, -0.1) is 0 Å². The van der Waals surface area contributed by atoms with Crippen molar-refractivity contribution in [3.63, 3.8) is 0 Å². The Balaban J connectivity index is 3.71.